The maximum absolute atomic E-state index is 11.5. The van der Waals surface area contributed by atoms with E-state index in [4.69, 9.17) is 4.52 Å². The highest BCUT2D eigenvalue weighted by molar-refractivity contribution is 5.88. The van der Waals surface area contributed by atoms with Crippen molar-refractivity contribution in [2.24, 2.45) is 0 Å². The number of nitrogens with zero attached hydrogens (tertiary/aromatic N) is 1. The number of rotatable bonds is 3. The molecule has 1 aliphatic carbocycles. The molecular formula is C22H27NO3. The number of fused-ring (bicyclic) bond motifs is 1. The number of benzene rings is 1. The van der Waals surface area contributed by atoms with Gasteiger partial charge in [0.1, 0.15) is 0 Å². The minimum Gasteiger partial charge on any atom is -0.464 e. The van der Waals surface area contributed by atoms with Gasteiger partial charge in [0.05, 0.1) is 7.11 Å². The lowest BCUT2D eigenvalue weighted by atomic mass is 9.63. The molecule has 26 heavy (non-hydrogen) atoms. The Morgan fingerprint density at radius 2 is 1.77 bits per heavy atom. The van der Waals surface area contributed by atoms with Crippen LogP contribution in [-0.4, -0.2) is 18.2 Å². The summed E-state index contributed by atoms with van der Waals surface area (Å²) in [5, 5.41) is 3.75. The van der Waals surface area contributed by atoms with Crippen LogP contribution in [-0.2, 0) is 15.6 Å². The first-order valence-corrected chi connectivity index (χ1v) is 9.03. The standard InChI is InChI=1S/C22H27NO3/c1-14(11-16-13-19(23-26-16)20(24)25-6)15-7-8-17-18(12-15)22(4,5)10-9-21(17,2)3/h7-8,11-13H,9-10H2,1-6H3/b14-11-. The van der Waals surface area contributed by atoms with Gasteiger partial charge in [-0.15, -0.1) is 0 Å². The van der Waals surface area contributed by atoms with Gasteiger partial charge in [-0.1, -0.05) is 51.1 Å². The van der Waals surface area contributed by atoms with Gasteiger partial charge < -0.3 is 9.26 Å². The van der Waals surface area contributed by atoms with Crippen molar-refractivity contribution in [3.63, 3.8) is 0 Å². The van der Waals surface area contributed by atoms with Crippen molar-refractivity contribution in [1.29, 1.82) is 0 Å². The Kier molecular flexibility index (Phi) is 4.55. The molecule has 0 spiro atoms. The molecule has 1 aliphatic rings. The Hall–Kier alpha value is -2.36. The highest BCUT2D eigenvalue weighted by Crippen LogP contribution is 2.46. The number of esters is 1. The van der Waals surface area contributed by atoms with E-state index < -0.39 is 5.97 Å². The lowest BCUT2D eigenvalue weighted by molar-refractivity contribution is 0.0589. The first kappa shape index (κ1) is 18.4. The Balaban J connectivity index is 1.97. The van der Waals surface area contributed by atoms with Gasteiger partial charge in [-0.25, -0.2) is 4.79 Å². The molecule has 2 aromatic rings. The minimum absolute atomic E-state index is 0.172. The summed E-state index contributed by atoms with van der Waals surface area (Å²) in [6, 6.07) is 8.34. The summed E-state index contributed by atoms with van der Waals surface area (Å²) in [7, 11) is 1.33. The highest BCUT2D eigenvalue weighted by atomic mass is 16.5. The first-order chi connectivity index (χ1) is 12.1. The van der Waals surface area contributed by atoms with Crippen LogP contribution < -0.4 is 0 Å². The van der Waals surface area contributed by atoms with Gasteiger partial charge in [-0.3, -0.25) is 0 Å². The van der Waals surface area contributed by atoms with E-state index in [1.807, 2.05) is 13.0 Å². The minimum atomic E-state index is -0.496. The molecule has 138 valence electrons. The summed E-state index contributed by atoms with van der Waals surface area (Å²) in [4.78, 5) is 11.5. The van der Waals surface area contributed by atoms with Gasteiger partial charge in [0.25, 0.3) is 0 Å². The predicted octanol–water partition coefficient (Wildman–Crippen LogP) is 5.37. The fraction of sp³-hybridized carbons (Fsp3) is 0.455. The van der Waals surface area contributed by atoms with E-state index >= 15 is 0 Å². The SMILES string of the molecule is COC(=O)c1cc(/C=C(/C)c2ccc3c(c2)C(C)(C)CCC3(C)C)on1. The van der Waals surface area contributed by atoms with Crippen molar-refractivity contribution in [1.82, 2.24) is 5.16 Å². The number of aromatic nitrogens is 1. The zero-order valence-corrected chi connectivity index (χ0v) is 16.5. The summed E-state index contributed by atoms with van der Waals surface area (Å²) in [5.41, 5.74) is 5.65. The monoisotopic (exact) mass is 353 g/mol. The maximum atomic E-state index is 11.5. The average molecular weight is 353 g/mol. The molecular weight excluding hydrogens is 326 g/mol. The van der Waals surface area contributed by atoms with Crippen LogP contribution in [0, 0.1) is 0 Å². The van der Waals surface area contributed by atoms with Gasteiger partial charge in [-0.05, 0) is 58.9 Å². The van der Waals surface area contributed by atoms with Gasteiger partial charge in [0, 0.05) is 6.07 Å². The zero-order chi connectivity index (χ0) is 19.1. The summed E-state index contributed by atoms with van der Waals surface area (Å²) in [6.45, 7) is 11.3. The zero-order valence-electron chi connectivity index (χ0n) is 16.5. The third-order valence-electron chi connectivity index (χ3n) is 5.59. The van der Waals surface area contributed by atoms with Crippen molar-refractivity contribution in [3.05, 3.63) is 52.4 Å². The topological polar surface area (TPSA) is 52.3 Å². The van der Waals surface area contributed by atoms with Crippen molar-refractivity contribution in [2.45, 2.75) is 58.3 Å². The van der Waals surface area contributed by atoms with E-state index in [1.54, 1.807) is 6.07 Å². The molecule has 4 nitrogen and oxygen atoms in total. The van der Waals surface area contributed by atoms with Crippen LogP contribution in [0.3, 0.4) is 0 Å². The Bertz CT molecular complexity index is 871. The fourth-order valence-electron chi connectivity index (χ4n) is 3.69. The van der Waals surface area contributed by atoms with E-state index in [2.05, 4.69) is 55.8 Å². The van der Waals surface area contributed by atoms with Crippen molar-refractivity contribution >= 4 is 17.6 Å². The molecule has 0 radical (unpaired) electrons. The predicted molar refractivity (Wildman–Crippen MR) is 103 cm³/mol. The third-order valence-corrected chi connectivity index (χ3v) is 5.59. The van der Waals surface area contributed by atoms with E-state index in [1.165, 1.54) is 31.1 Å². The van der Waals surface area contributed by atoms with Gasteiger partial charge in [0.15, 0.2) is 11.5 Å². The summed E-state index contributed by atoms with van der Waals surface area (Å²) in [6.07, 6.45) is 4.29. The molecule has 0 atom stereocenters. The normalized spacial score (nSPS) is 18.3. The number of hydrogen-bond donors (Lipinski definition) is 0. The molecule has 1 heterocycles. The molecule has 0 saturated carbocycles. The molecule has 3 rings (SSSR count). The van der Waals surface area contributed by atoms with Gasteiger partial charge in [0.2, 0.25) is 0 Å². The average Bonchev–Trinajstić information content (AvgIpc) is 3.06. The van der Waals surface area contributed by atoms with Crippen molar-refractivity contribution in [2.75, 3.05) is 7.11 Å². The van der Waals surface area contributed by atoms with Crippen molar-refractivity contribution in [3.8, 4) is 0 Å². The van der Waals surface area contributed by atoms with Crippen molar-refractivity contribution < 1.29 is 14.1 Å². The lowest BCUT2D eigenvalue weighted by Crippen LogP contribution is -2.33. The Morgan fingerprint density at radius 3 is 2.42 bits per heavy atom. The Labute approximate surface area is 155 Å². The lowest BCUT2D eigenvalue weighted by Gasteiger charge is -2.42. The number of hydrogen-bond acceptors (Lipinski definition) is 4. The number of allylic oxidation sites excluding steroid dienone is 1. The molecule has 4 heteroatoms. The van der Waals surface area contributed by atoms with E-state index in [9.17, 15) is 4.79 Å². The van der Waals surface area contributed by atoms with Crippen LogP contribution in [0.5, 0.6) is 0 Å². The van der Waals surface area contributed by atoms with Crippen LogP contribution in [0.1, 0.15) is 80.4 Å². The number of methoxy groups -OCH3 is 1. The molecule has 1 aromatic heterocycles. The van der Waals surface area contributed by atoms with E-state index in [0.717, 1.165) is 11.1 Å². The van der Waals surface area contributed by atoms with Gasteiger partial charge in [-0.2, -0.15) is 0 Å². The van der Waals surface area contributed by atoms with Crippen LogP contribution in [0.4, 0.5) is 0 Å². The van der Waals surface area contributed by atoms with Crippen LogP contribution in [0.15, 0.2) is 28.8 Å². The first-order valence-electron chi connectivity index (χ1n) is 9.03. The van der Waals surface area contributed by atoms with Crippen LogP contribution in [0.25, 0.3) is 11.6 Å². The number of carbonyl (C=O) groups excluding carboxylic acids is 1. The Morgan fingerprint density at radius 1 is 1.12 bits per heavy atom. The molecule has 0 aliphatic heterocycles. The summed E-state index contributed by atoms with van der Waals surface area (Å²) < 4.78 is 9.90. The molecule has 0 saturated heterocycles. The van der Waals surface area contributed by atoms with Gasteiger partial charge >= 0.3 is 5.97 Å². The summed E-state index contributed by atoms with van der Waals surface area (Å²) >= 11 is 0. The molecule has 0 N–H and O–H groups in total. The number of carbonyl (C=O) groups is 1. The van der Waals surface area contributed by atoms with Crippen LogP contribution >= 0.6 is 0 Å². The van der Waals surface area contributed by atoms with Crippen LogP contribution in [0.2, 0.25) is 0 Å². The van der Waals surface area contributed by atoms with E-state index in [0.29, 0.717) is 5.76 Å². The fourth-order valence-corrected chi connectivity index (χ4v) is 3.69. The second-order valence-corrected chi connectivity index (χ2v) is 8.46. The smallest absolute Gasteiger partial charge is 0.360 e. The highest BCUT2D eigenvalue weighted by Gasteiger charge is 2.36. The number of ether oxygens (including phenoxy) is 1. The van der Waals surface area contributed by atoms with E-state index in [-0.39, 0.29) is 16.5 Å². The molecule has 0 fully saturated rings. The third kappa shape index (κ3) is 3.33. The largest absolute Gasteiger partial charge is 0.464 e. The second-order valence-electron chi connectivity index (χ2n) is 8.46. The molecule has 0 unspecified atom stereocenters. The molecule has 0 bridgehead atoms. The summed E-state index contributed by atoms with van der Waals surface area (Å²) in [5.74, 6) is 0.0454. The second kappa shape index (κ2) is 6.42. The molecule has 1 aromatic carbocycles. The maximum Gasteiger partial charge on any atom is 0.360 e. The quantitative estimate of drug-likeness (QED) is 0.696. The molecule has 0 amide bonds.